The number of carbonyl (C=O) groups excluding carboxylic acids is 2. The molecule has 0 radical (unpaired) electrons. The second-order valence-corrected chi connectivity index (χ2v) is 5.19. The Kier molecular flexibility index (Phi) is 3.84. The lowest BCUT2D eigenvalue weighted by molar-refractivity contribution is 0.0624. The standard InChI is InChI=1S/C14H20N2O2/c1-10-5-3-4-6-13(10)16(2)14(18)12-8-7-11(9-17)15-12/h7-10,13,15H,3-6H2,1-2H3. The lowest BCUT2D eigenvalue weighted by Crippen LogP contribution is -2.42. The summed E-state index contributed by atoms with van der Waals surface area (Å²) in [6.45, 7) is 2.21. The molecular formula is C14H20N2O2. The highest BCUT2D eigenvalue weighted by Crippen LogP contribution is 2.28. The van der Waals surface area contributed by atoms with Crippen molar-refractivity contribution in [3.63, 3.8) is 0 Å². The van der Waals surface area contributed by atoms with Gasteiger partial charge in [-0.3, -0.25) is 9.59 Å². The van der Waals surface area contributed by atoms with Gasteiger partial charge in [-0.1, -0.05) is 19.8 Å². The number of nitrogens with one attached hydrogen (secondary N) is 1. The van der Waals surface area contributed by atoms with Crippen LogP contribution in [0.15, 0.2) is 12.1 Å². The second-order valence-electron chi connectivity index (χ2n) is 5.19. The van der Waals surface area contributed by atoms with Crippen LogP contribution in [0, 0.1) is 5.92 Å². The number of hydrogen-bond donors (Lipinski definition) is 1. The number of aldehydes is 1. The highest BCUT2D eigenvalue weighted by Gasteiger charge is 2.28. The Balaban J connectivity index is 2.09. The summed E-state index contributed by atoms with van der Waals surface area (Å²) in [5.41, 5.74) is 0.945. The first-order valence-electron chi connectivity index (χ1n) is 6.55. The number of carbonyl (C=O) groups is 2. The third kappa shape index (κ3) is 2.47. The van der Waals surface area contributed by atoms with E-state index in [9.17, 15) is 9.59 Å². The quantitative estimate of drug-likeness (QED) is 0.835. The molecule has 2 atom stereocenters. The Hall–Kier alpha value is -1.58. The summed E-state index contributed by atoms with van der Waals surface area (Å²) in [5.74, 6) is 0.523. The minimum absolute atomic E-state index is 0.0261. The fourth-order valence-electron chi connectivity index (χ4n) is 2.82. The Morgan fingerprint density at radius 1 is 1.39 bits per heavy atom. The van der Waals surface area contributed by atoms with Gasteiger partial charge in [-0.2, -0.15) is 0 Å². The molecule has 98 valence electrons. The van der Waals surface area contributed by atoms with Gasteiger partial charge in [0, 0.05) is 13.1 Å². The molecule has 1 fully saturated rings. The lowest BCUT2D eigenvalue weighted by Gasteiger charge is -2.36. The van der Waals surface area contributed by atoms with E-state index in [1.165, 1.54) is 19.3 Å². The van der Waals surface area contributed by atoms with Gasteiger partial charge >= 0.3 is 0 Å². The first-order valence-corrected chi connectivity index (χ1v) is 6.55. The molecule has 0 spiro atoms. The van der Waals surface area contributed by atoms with Gasteiger partial charge in [0.25, 0.3) is 5.91 Å². The van der Waals surface area contributed by atoms with E-state index >= 15 is 0 Å². The van der Waals surface area contributed by atoms with Gasteiger partial charge < -0.3 is 9.88 Å². The molecule has 18 heavy (non-hydrogen) atoms. The molecule has 1 aromatic rings. The molecule has 4 heteroatoms. The number of amides is 1. The minimum atomic E-state index is -0.0261. The van der Waals surface area contributed by atoms with Crippen molar-refractivity contribution in [3.05, 3.63) is 23.5 Å². The van der Waals surface area contributed by atoms with E-state index in [4.69, 9.17) is 0 Å². The van der Waals surface area contributed by atoms with Crippen LogP contribution in [0.2, 0.25) is 0 Å². The smallest absolute Gasteiger partial charge is 0.270 e. The molecule has 1 aliphatic rings. The molecule has 2 unspecified atom stereocenters. The summed E-state index contributed by atoms with van der Waals surface area (Å²) >= 11 is 0. The van der Waals surface area contributed by atoms with Crippen molar-refractivity contribution in [3.8, 4) is 0 Å². The van der Waals surface area contributed by atoms with Gasteiger partial charge in [-0.05, 0) is 30.9 Å². The van der Waals surface area contributed by atoms with Crippen LogP contribution in [0.1, 0.15) is 53.6 Å². The molecule has 2 rings (SSSR count). The first kappa shape index (κ1) is 12.9. The maximum atomic E-state index is 12.3. The van der Waals surface area contributed by atoms with Crippen molar-refractivity contribution >= 4 is 12.2 Å². The average molecular weight is 248 g/mol. The van der Waals surface area contributed by atoms with E-state index in [2.05, 4.69) is 11.9 Å². The molecule has 0 aromatic carbocycles. The normalized spacial score (nSPS) is 23.7. The highest BCUT2D eigenvalue weighted by atomic mass is 16.2. The Morgan fingerprint density at radius 2 is 2.11 bits per heavy atom. The van der Waals surface area contributed by atoms with Crippen molar-refractivity contribution < 1.29 is 9.59 Å². The minimum Gasteiger partial charge on any atom is -0.348 e. The van der Waals surface area contributed by atoms with Crippen LogP contribution in [0.3, 0.4) is 0 Å². The van der Waals surface area contributed by atoms with Crippen LogP contribution in [-0.4, -0.2) is 35.2 Å². The molecule has 0 bridgehead atoms. The Bertz CT molecular complexity index is 439. The number of hydrogen-bond acceptors (Lipinski definition) is 2. The van der Waals surface area contributed by atoms with Gasteiger partial charge in [0.1, 0.15) is 5.69 Å². The van der Waals surface area contributed by atoms with Crippen molar-refractivity contribution in [1.29, 1.82) is 0 Å². The van der Waals surface area contributed by atoms with Crippen LogP contribution < -0.4 is 0 Å². The molecule has 1 heterocycles. The summed E-state index contributed by atoms with van der Waals surface area (Å²) in [6.07, 6.45) is 5.44. The fraction of sp³-hybridized carbons (Fsp3) is 0.571. The average Bonchev–Trinajstić information content (AvgIpc) is 2.86. The van der Waals surface area contributed by atoms with E-state index in [-0.39, 0.29) is 5.91 Å². The molecule has 1 amide bonds. The van der Waals surface area contributed by atoms with Crippen molar-refractivity contribution in [1.82, 2.24) is 9.88 Å². The zero-order valence-electron chi connectivity index (χ0n) is 11.0. The number of nitrogens with zero attached hydrogens (tertiary/aromatic N) is 1. The van der Waals surface area contributed by atoms with Crippen LogP contribution in [0.25, 0.3) is 0 Å². The highest BCUT2D eigenvalue weighted by molar-refractivity contribution is 5.93. The monoisotopic (exact) mass is 248 g/mol. The van der Waals surface area contributed by atoms with E-state index in [1.807, 2.05) is 11.9 Å². The molecule has 4 nitrogen and oxygen atoms in total. The van der Waals surface area contributed by atoms with Crippen LogP contribution in [-0.2, 0) is 0 Å². The van der Waals surface area contributed by atoms with Gasteiger partial charge in [0.05, 0.1) is 5.69 Å². The topological polar surface area (TPSA) is 53.2 Å². The summed E-state index contributed by atoms with van der Waals surface area (Å²) in [7, 11) is 1.86. The Morgan fingerprint density at radius 3 is 2.72 bits per heavy atom. The molecule has 0 aliphatic heterocycles. The van der Waals surface area contributed by atoms with E-state index in [1.54, 1.807) is 12.1 Å². The van der Waals surface area contributed by atoms with Gasteiger partial charge in [-0.15, -0.1) is 0 Å². The largest absolute Gasteiger partial charge is 0.348 e. The number of rotatable bonds is 3. The zero-order chi connectivity index (χ0) is 13.1. The number of aromatic nitrogens is 1. The molecule has 1 N–H and O–H groups in total. The predicted molar refractivity (Wildman–Crippen MR) is 69.7 cm³/mol. The van der Waals surface area contributed by atoms with Crippen LogP contribution in [0.5, 0.6) is 0 Å². The molecule has 1 saturated carbocycles. The zero-order valence-corrected chi connectivity index (χ0v) is 11.0. The van der Waals surface area contributed by atoms with Gasteiger partial charge in [0.2, 0.25) is 0 Å². The molecule has 0 saturated heterocycles. The Labute approximate surface area is 107 Å². The van der Waals surface area contributed by atoms with Crippen molar-refractivity contribution in [2.24, 2.45) is 5.92 Å². The predicted octanol–water partition coefficient (Wildman–Crippen LogP) is 2.48. The number of aromatic amines is 1. The summed E-state index contributed by atoms with van der Waals surface area (Å²) < 4.78 is 0. The third-order valence-corrected chi connectivity index (χ3v) is 3.95. The fourth-order valence-corrected chi connectivity index (χ4v) is 2.82. The second kappa shape index (κ2) is 5.38. The molecular weight excluding hydrogens is 228 g/mol. The van der Waals surface area contributed by atoms with Gasteiger partial charge in [0.15, 0.2) is 6.29 Å². The summed E-state index contributed by atoms with van der Waals surface area (Å²) in [6, 6.07) is 3.63. The van der Waals surface area contributed by atoms with Crippen molar-refractivity contribution in [2.75, 3.05) is 7.05 Å². The van der Waals surface area contributed by atoms with Crippen molar-refractivity contribution in [2.45, 2.75) is 38.6 Å². The first-order chi connectivity index (χ1) is 8.63. The van der Waals surface area contributed by atoms with Gasteiger partial charge in [-0.25, -0.2) is 0 Å². The number of H-pyrrole nitrogens is 1. The van der Waals surface area contributed by atoms with Crippen LogP contribution in [0.4, 0.5) is 0 Å². The summed E-state index contributed by atoms with van der Waals surface area (Å²) in [4.78, 5) is 27.6. The van der Waals surface area contributed by atoms with E-state index in [0.29, 0.717) is 23.3 Å². The third-order valence-electron chi connectivity index (χ3n) is 3.95. The maximum absolute atomic E-state index is 12.3. The van der Waals surface area contributed by atoms with E-state index in [0.717, 1.165) is 12.7 Å². The maximum Gasteiger partial charge on any atom is 0.270 e. The molecule has 1 aliphatic carbocycles. The lowest BCUT2D eigenvalue weighted by atomic mass is 9.85. The molecule has 1 aromatic heterocycles. The van der Waals surface area contributed by atoms with Crippen LogP contribution >= 0.6 is 0 Å². The van der Waals surface area contributed by atoms with E-state index < -0.39 is 0 Å². The SMILES string of the molecule is CC1CCCCC1N(C)C(=O)c1ccc(C=O)[nH]1. The summed E-state index contributed by atoms with van der Waals surface area (Å²) in [5, 5.41) is 0.